The van der Waals surface area contributed by atoms with E-state index in [0.717, 1.165) is 17.9 Å². The number of ether oxygens (including phenoxy) is 1. The summed E-state index contributed by atoms with van der Waals surface area (Å²) < 4.78 is 5.38. The number of benzene rings is 3. The number of hydrogen-bond acceptors (Lipinski definition) is 2. The van der Waals surface area contributed by atoms with Crippen LogP contribution in [0.15, 0.2) is 90.5 Å². The van der Waals surface area contributed by atoms with E-state index in [4.69, 9.17) is 4.74 Å². The van der Waals surface area contributed by atoms with Crippen LogP contribution in [0.1, 0.15) is 24.5 Å². The molecule has 2 nitrogen and oxygen atoms in total. The number of nitrogens with zero attached hydrogens (tertiary/aromatic N) is 1. The van der Waals surface area contributed by atoms with Crippen LogP contribution in [0.2, 0.25) is 0 Å². The lowest BCUT2D eigenvalue weighted by Crippen LogP contribution is -2.30. The van der Waals surface area contributed by atoms with Crippen LogP contribution in [0.5, 0.6) is 5.75 Å². The van der Waals surface area contributed by atoms with E-state index in [1.54, 1.807) is 7.11 Å². The lowest BCUT2D eigenvalue weighted by molar-refractivity contribution is 0.415. The SMILES string of the molecule is COc1ccc(N(c2ccc(C)c(-c3ccccc3C)c2)C2C=CC(C)=CC2)cc1. The predicted molar refractivity (Wildman–Crippen MR) is 128 cm³/mol. The molecular formula is C28H29NO. The molecule has 4 rings (SSSR count). The van der Waals surface area contributed by atoms with Crippen molar-refractivity contribution in [3.8, 4) is 16.9 Å². The van der Waals surface area contributed by atoms with Crippen molar-refractivity contribution in [1.82, 2.24) is 0 Å². The lowest BCUT2D eigenvalue weighted by Gasteiger charge is -2.33. The van der Waals surface area contributed by atoms with Gasteiger partial charge < -0.3 is 9.64 Å². The Bertz CT molecular complexity index is 1090. The van der Waals surface area contributed by atoms with Gasteiger partial charge in [-0.15, -0.1) is 0 Å². The number of rotatable bonds is 5. The van der Waals surface area contributed by atoms with E-state index >= 15 is 0 Å². The van der Waals surface area contributed by atoms with Crippen LogP contribution >= 0.6 is 0 Å². The van der Waals surface area contributed by atoms with E-state index in [1.165, 1.54) is 33.5 Å². The second-order valence-corrected chi connectivity index (χ2v) is 7.99. The van der Waals surface area contributed by atoms with Crippen molar-refractivity contribution in [2.24, 2.45) is 0 Å². The fourth-order valence-electron chi connectivity index (χ4n) is 4.11. The predicted octanol–water partition coefficient (Wildman–Crippen LogP) is 7.39. The summed E-state index contributed by atoms with van der Waals surface area (Å²) in [6.45, 7) is 6.53. The summed E-state index contributed by atoms with van der Waals surface area (Å²) in [5.74, 6) is 0.873. The molecule has 30 heavy (non-hydrogen) atoms. The standard InChI is InChI=1S/C28H29NO/c1-20-9-12-23(13-10-20)29(24-15-17-26(30-4)18-16-24)25-14-11-22(3)28(19-25)27-8-6-5-7-21(27)2/h5-12,14-19,23H,13H2,1-4H3. The summed E-state index contributed by atoms with van der Waals surface area (Å²) in [4.78, 5) is 2.43. The molecule has 0 spiro atoms. The Kier molecular flexibility index (Phi) is 5.76. The van der Waals surface area contributed by atoms with Gasteiger partial charge in [-0.2, -0.15) is 0 Å². The third-order valence-corrected chi connectivity index (χ3v) is 5.88. The van der Waals surface area contributed by atoms with Crippen LogP contribution in [0.25, 0.3) is 11.1 Å². The molecule has 2 heteroatoms. The van der Waals surface area contributed by atoms with E-state index in [2.05, 4.69) is 98.5 Å². The highest BCUT2D eigenvalue weighted by Crippen LogP contribution is 2.36. The van der Waals surface area contributed by atoms with Crippen molar-refractivity contribution in [2.75, 3.05) is 12.0 Å². The maximum Gasteiger partial charge on any atom is 0.119 e. The number of anilines is 2. The molecule has 0 aliphatic heterocycles. The van der Waals surface area contributed by atoms with Gasteiger partial charge >= 0.3 is 0 Å². The van der Waals surface area contributed by atoms with Gasteiger partial charge in [0.25, 0.3) is 0 Å². The number of hydrogen-bond donors (Lipinski definition) is 0. The van der Waals surface area contributed by atoms with Gasteiger partial charge in [0.05, 0.1) is 13.2 Å². The Morgan fingerprint density at radius 2 is 1.50 bits per heavy atom. The largest absolute Gasteiger partial charge is 0.497 e. The van der Waals surface area contributed by atoms with Crippen molar-refractivity contribution < 1.29 is 4.74 Å². The molecule has 0 heterocycles. The molecule has 0 radical (unpaired) electrons. The smallest absolute Gasteiger partial charge is 0.119 e. The van der Waals surface area contributed by atoms with Gasteiger partial charge in [0.1, 0.15) is 5.75 Å². The van der Waals surface area contributed by atoms with Crippen molar-refractivity contribution in [1.29, 1.82) is 0 Å². The van der Waals surface area contributed by atoms with Crippen LogP contribution in [0, 0.1) is 13.8 Å². The zero-order valence-electron chi connectivity index (χ0n) is 18.2. The van der Waals surface area contributed by atoms with Crippen LogP contribution < -0.4 is 9.64 Å². The monoisotopic (exact) mass is 395 g/mol. The summed E-state index contributed by atoms with van der Waals surface area (Å²) >= 11 is 0. The molecule has 0 amide bonds. The molecule has 1 aliphatic carbocycles. The average molecular weight is 396 g/mol. The molecule has 0 saturated heterocycles. The highest BCUT2D eigenvalue weighted by molar-refractivity contribution is 5.77. The first-order chi connectivity index (χ1) is 14.6. The molecule has 1 aliphatic rings. The van der Waals surface area contributed by atoms with Gasteiger partial charge in [-0.25, -0.2) is 0 Å². The Hall–Kier alpha value is -3.26. The van der Waals surface area contributed by atoms with Crippen molar-refractivity contribution in [3.63, 3.8) is 0 Å². The highest BCUT2D eigenvalue weighted by atomic mass is 16.5. The van der Waals surface area contributed by atoms with Crippen molar-refractivity contribution in [3.05, 3.63) is 102 Å². The summed E-state index contributed by atoms with van der Waals surface area (Å²) in [5, 5.41) is 0. The highest BCUT2D eigenvalue weighted by Gasteiger charge is 2.21. The fourth-order valence-corrected chi connectivity index (χ4v) is 4.11. The van der Waals surface area contributed by atoms with E-state index in [0.29, 0.717) is 0 Å². The zero-order chi connectivity index (χ0) is 21.1. The normalized spacial score (nSPS) is 15.6. The Balaban J connectivity index is 1.82. The van der Waals surface area contributed by atoms with Crippen LogP contribution in [0.4, 0.5) is 11.4 Å². The van der Waals surface area contributed by atoms with Gasteiger partial charge in [0.15, 0.2) is 0 Å². The molecule has 1 atom stereocenters. The second kappa shape index (κ2) is 8.62. The van der Waals surface area contributed by atoms with Crippen molar-refractivity contribution in [2.45, 2.75) is 33.2 Å². The number of methoxy groups -OCH3 is 1. The topological polar surface area (TPSA) is 12.5 Å². The molecular weight excluding hydrogens is 366 g/mol. The maximum absolute atomic E-state index is 5.38. The fraction of sp³-hybridized carbons (Fsp3) is 0.214. The van der Waals surface area contributed by atoms with E-state index in [1.807, 2.05) is 12.1 Å². The van der Waals surface area contributed by atoms with Crippen LogP contribution in [-0.4, -0.2) is 13.2 Å². The van der Waals surface area contributed by atoms with E-state index < -0.39 is 0 Å². The molecule has 3 aromatic carbocycles. The van der Waals surface area contributed by atoms with Gasteiger partial charge in [-0.1, -0.05) is 54.1 Å². The molecule has 3 aromatic rings. The maximum atomic E-state index is 5.38. The van der Waals surface area contributed by atoms with Crippen LogP contribution in [-0.2, 0) is 0 Å². The first kappa shape index (κ1) is 20.0. The molecule has 0 N–H and O–H groups in total. The molecule has 152 valence electrons. The number of allylic oxidation sites excluding steroid dienone is 2. The summed E-state index contributed by atoms with van der Waals surface area (Å²) in [6.07, 6.45) is 7.84. The zero-order valence-corrected chi connectivity index (χ0v) is 18.2. The Labute approximate surface area is 180 Å². The van der Waals surface area contributed by atoms with Gasteiger partial charge in [-0.05, 0) is 85.8 Å². The second-order valence-electron chi connectivity index (χ2n) is 7.99. The molecule has 1 unspecified atom stereocenters. The first-order valence-corrected chi connectivity index (χ1v) is 10.5. The average Bonchev–Trinajstić information content (AvgIpc) is 2.77. The third kappa shape index (κ3) is 4.04. The minimum Gasteiger partial charge on any atom is -0.497 e. The molecule has 0 aromatic heterocycles. The lowest BCUT2D eigenvalue weighted by atomic mass is 9.95. The van der Waals surface area contributed by atoms with Gasteiger partial charge in [0, 0.05) is 11.4 Å². The molecule has 0 fully saturated rings. The quantitative estimate of drug-likeness (QED) is 0.446. The summed E-state index contributed by atoms with van der Waals surface area (Å²) in [6, 6.07) is 24.1. The first-order valence-electron chi connectivity index (χ1n) is 10.5. The van der Waals surface area contributed by atoms with Crippen LogP contribution in [0.3, 0.4) is 0 Å². The van der Waals surface area contributed by atoms with Gasteiger partial charge in [-0.3, -0.25) is 0 Å². The van der Waals surface area contributed by atoms with E-state index in [9.17, 15) is 0 Å². The minimum atomic E-state index is 0.273. The Morgan fingerprint density at radius 1 is 0.800 bits per heavy atom. The minimum absolute atomic E-state index is 0.273. The third-order valence-electron chi connectivity index (χ3n) is 5.88. The molecule has 0 bridgehead atoms. The molecule has 0 saturated carbocycles. The number of aryl methyl sites for hydroxylation is 2. The van der Waals surface area contributed by atoms with E-state index in [-0.39, 0.29) is 6.04 Å². The Morgan fingerprint density at radius 3 is 2.17 bits per heavy atom. The van der Waals surface area contributed by atoms with Gasteiger partial charge in [0.2, 0.25) is 0 Å². The summed E-state index contributed by atoms with van der Waals surface area (Å²) in [5.41, 5.74) is 8.86. The van der Waals surface area contributed by atoms with Crippen molar-refractivity contribution >= 4 is 11.4 Å². The summed E-state index contributed by atoms with van der Waals surface area (Å²) in [7, 11) is 1.71.